The van der Waals surface area contributed by atoms with Crippen LogP contribution in [-0.4, -0.2) is 22.7 Å². The molecular weight excluding hydrogens is 152 g/mol. The van der Waals surface area contributed by atoms with Gasteiger partial charge in [0.2, 0.25) is 0 Å². The fraction of sp³-hybridized carbons (Fsp3) is 1.00. The first-order chi connectivity index (χ1) is 2.81. The van der Waals surface area contributed by atoms with Gasteiger partial charge in [0.15, 0.2) is 0 Å². The summed E-state index contributed by atoms with van der Waals surface area (Å²) in [5.41, 5.74) is 0. The van der Waals surface area contributed by atoms with Crippen molar-refractivity contribution >= 4 is 37.7 Å². The second kappa shape index (κ2) is 6.95. The van der Waals surface area contributed by atoms with Crippen molar-refractivity contribution in [1.29, 1.82) is 0 Å². The summed E-state index contributed by atoms with van der Waals surface area (Å²) in [5.74, 6) is 0.639. The summed E-state index contributed by atoms with van der Waals surface area (Å²) in [6.45, 7) is 0.118. The van der Waals surface area contributed by atoms with Crippen LogP contribution in [0.25, 0.3) is 0 Å². The minimum Gasteiger partial charge on any atom is -0.395 e. The van der Waals surface area contributed by atoms with E-state index in [1.165, 1.54) is 0 Å². The molecule has 0 aromatic carbocycles. The lowest BCUT2D eigenvalue weighted by atomic mass is 10.5. The topological polar surface area (TPSA) is 20.2 Å². The molecular formula is C3H9ClOS2. The van der Waals surface area contributed by atoms with Crippen LogP contribution in [0.5, 0.6) is 0 Å². The molecule has 0 radical (unpaired) electrons. The minimum atomic E-state index is 0. The third kappa shape index (κ3) is 6.95. The Morgan fingerprint density at radius 2 is 2.00 bits per heavy atom. The first-order valence-electron chi connectivity index (χ1n) is 1.71. The van der Waals surface area contributed by atoms with Gasteiger partial charge in [-0.05, 0) is 0 Å². The van der Waals surface area contributed by atoms with E-state index in [2.05, 4.69) is 25.3 Å². The van der Waals surface area contributed by atoms with E-state index in [9.17, 15) is 0 Å². The zero-order valence-corrected chi connectivity index (χ0v) is 6.35. The second-order valence-corrected chi connectivity index (χ2v) is 2.11. The van der Waals surface area contributed by atoms with Crippen LogP contribution in [0, 0.1) is 0 Å². The van der Waals surface area contributed by atoms with E-state index < -0.39 is 0 Å². The van der Waals surface area contributed by atoms with Gasteiger partial charge in [0, 0.05) is 11.0 Å². The summed E-state index contributed by atoms with van der Waals surface area (Å²) in [7, 11) is 0. The third-order valence-electron chi connectivity index (χ3n) is 0.421. The summed E-state index contributed by atoms with van der Waals surface area (Å²) in [6, 6.07) is 0. The molecule has 46 valence electrons. The fourth-order valence-electron chi connectivity index (χ4n) is 0.0577. The molecule has 0 fully saturated rings. The molecule has 0 aromatic heterocycles. The van der Waals surface area contributed by atoms with Crippen LogP contribution in [-0.2, 0) is 0 Å². The zero-order valence-electron chi connectivity index (χ0n) is 3.74. The molecule has 0 bridgehead atoms. The smallest absolute Gasteiger partial charge is 0.0555 e. The highest BCUT2D eigenvalue weighted by molar-refractivity contribution is 7.84. The van der Waals surface area contributed by atoms with Crippen molar-refractivity contribution in [2.24, 2.45) is 0 Å². The Balaban J connectivity index is 0. The predicted octanol–water partition coefficient (Wildman–Crippen LogP) is 0.629. The van der Waals surface area contributed by atoms with Gasteiger partial charge in [-0.2, -0.15) is 25.3 Å². The van der Waals surface area contributed by atoms with Crippen molar-refractivity contribution in [3.63, 3.8) is 0 Å². The van der Waals surface area contributed by atoms with Crippen LogP contribution in [0.2, 0.25) is 0 Å². The Morgan fingerprint density at radius 3 is 2.00 bits per heavy atom. The number of thiol groups is 2. The summed E-state index contributed by atoms with van der Waals surface area (Å²) < 4.78 is 0. The van der Waals surface area contributed by atoms with Crippen LogP contribution < -0.4 is 0 Å². The molecule has 4 heteroatoms. The van der Waals surface area contributed by atoms with E-state index in [1.807, 2.05) is 0 Å². The van der Waals surface area contributed by atoms with Gasteiger partial charge in [0.05, 0.1) is 6.61 Å². The zero-order chi connectivity index (χ0) is 4.99. The first-order valence-corrected chi connectivity index (χ1v) is 2.86. The molecule has 0 aliphatic carbocycles. The average molecular weight is 161 g/mol. The summed E-state index contributed by atoms with van der Waals surface area (Å²) in [4.78, 5) is 0. The number of aliphatic hydroxyl groups excluding tert-OH is 1. The molecule has 0 amide bonds. The Hall–Kier alpha value is 0.950. The monoisotopic (exact) mass is 160 g/mol. The standard InChI is InChI=1S/C3H8OS2.ClH/c4-1-3(6)2-5;/h3-6H,1-2H2;1H. The maximum Gasteiger partial charge on any atom is 0.0555 e. The van der Waals surface area contributed by atoms with Gasteiger partial charge in [-0.3, -0.25) is 0 Å². The molecule has 0 saturated carbocycles. The molecule has 0 aliphatic heterocycles. The summed E-state index contributed by atoms with van der Waals surface area (Å²) >= 11 is 7.76. The summed E-state index contributed by atoms with van der Waals surface area (Å²) in [5, 5.41) is 8.26. The predicted molar refractivity (Wildman–Crippen MR) is 41.0 cm³/mol. The van der Waals surface area contributed by atoms with Crippen molar-refractivity contribution in [3.05, 3.63) is 0 Å². The van der Waals surface area contributed by atoms with Gasteiger partial charge < -0.3 is 5.11 Å². The molecule has 1 nitrogen and oxygen atoms in total. The van der Waals surface area contributed by atoms with Crippen molar-refractivity contribution in [2.75, 3.05) is 12.4 Å². The van der Waals surface area contributed by atoms with Crippen LogP contribution in [0.1, 0.15) is 0 Å². The lowest BCUT2D eigenvalue weighted by molar-refractivity contribution is 0.302. The van der Waals surface area contributed by atoms with Gasteiger partial charge in [0.25, 0.3) is 0 Å². The highest BCUT2D eigenvalue weighted by Crippen LogP contribution is 1.93. The van der Waals surface area contributed by atoms with Crippen molar-refractivity contribution in [2.45, 2.75) is 5.25 Å². The molecule has 0 spiro atoms. The third-order valence-corrected chi connectivity index (χ3v) is 1.50. The molecule has 0 heterocycles. The van der Waals surface area contributed by atoms with Gasteiger partial charge in [-0.25, -0.2) is 0 Å². The highest BCUT2D eigenvalue weighted by atomic mass is 35.5. The maximum absolute atomic E-state index is 8.21. The first kappa shape index (κ1) is 10.8. The van der Waals surface area contributed by atoms with Gasteiger partial charge in [-0.1, -0.05) is 0 Å². The molecule has 1 unspecified atom stereocenters. The minimum absolute atomic E-state index is 0. The van der Waals surface area contributed by atoms with E-state index in [-0.39, 0.29) is 24.3 Å². The number of aliphatic hydroxyl groups is 1. The van der Waals surface area contributed by atoms with Crippen LogP contribution in [0.3, 0.4) is 0 Å². The maximum atomic E-state index is 8.21. The number of rotatable bonds is 2. The molecule has 0 aliphatic rings. The van der Waals surface area contributed by atoms with Crippen LogP contribution in [0.15, 0.2) is 0 Å². The number of hydrogen-bond donors (Lipinski definition) is 3. The van der Waals surface area contributed by atoms with E-state index >= 15 is 0 Å². The number of hydrogen-bond acceptors (Lipinski definition) is 3. The lowest BCUT2D eigenvalue weighted by Gasteiger charge is -1.96. The average Bonchev–Trinajstić information content (AvgIpc) is 1.65. The van der Waals surface area contributed by atoms with Gasteiger partial charge in [-0.15, -0.1) is 12.4 Å². The van der Waals surface area contributed by atoms with Crippen LogP contribution >= 0.6 is 37.7 Å². The van der Waals surface area contributed by atoms with E-state index in [1.54, 1.807) is 0 Å². The van der Waals surface area contributed by atoms with E-state index in [0.717, 1.165) is 0 Å². The molecule has 1 atom stereocenters. The molecule has 0 rings (SSSR count). The van der Waals surface area contributed by atoms with Crippen molar-refractivity contribution < 1.29 is 5.11 Å². The van der Waals surface area contributed by atoms with Crippen molar-refractivity contribution in [3.8, 4) is 0 Å². The normalized spacial score (nSPS) is 12.4. The van der Waals surface area contributed by atoms with E-state index in [4.69, 9.17) is 5.11 Å². The van der Waals surface area contributed by atoms with Gasteiger partial charge >= 0.3 is 0 Å². The SMILES string of the molecule is Cl.OCC(S)CS. The van der Waals surface area contributed by atoms with Crippen molar-refractivity contribution in [1.82, 2.24) is 0 Å². The molecule has 0 saturated heterocycles. The molecule has 0 aromatic rings. The Labute approximate surface area is 60.7 Å². The lowest BCUT2D eigenvalue weighted by Crippen LogP contribution is -2.04. The van der Waals surface area contributed by atoms with Gasteiger partial charge in [0.1, 0.15) is 0 Å². The second-order valence-electron chi connectivity index (χ2n) is 1.02. The van der Waals surface area contributed by atoms with E-state index in [0.29, 0.717) is 5.75 Å². The largest absolute Gasteiger partial charge is 0.395 e. The number of halogens is 1. The Kier molecular flexibility index (Phi) is 10.8. The summed E-state index contributed by atoms with van der Waals surface area (Å²) in [6.07, 6.45) is 0. The quantitative estimate of drug-likeness (QED) is 0.507. The Morgan fingerprint density at radius 1 is 1.57 bits per heavy atom. The highest BCUT2D eigenvalue weighted by Gasteiger charge is 1.92. The molecule has 1 N–H and O–H groups in total. The molecule has 7 heavy (non-hydrogen) atoms. The Bertz CT molecular complexity index is 32.1. The van der Waals surface area contributed by atoms with Crippen LogP contribution in [0.4, 0.5) is 0 Å². The fourth-order valence-corrected chi connectivity index (χ4v) is 0.173.